The second-order valence-corrected chi connectivity index (χ2v) is 6.78. The highest BCUT2D eigenvalue weighted by Gasteiger charge is 2.33. The van der Waals surface area contributed by atoms with Crippen LogP contribution in [-0.2, 0) is 4.79 Å². The fourth-order valence-corrected chi connectivity index (χ4v) is 3.98. The molecule has 0 N–H and O–H groups in total. The number of aromatic nitrogens is 4. The smallest absolute Gasteiger partial charge is 0.192 e. The molecule has 108 valence electrons. The first-order valence-corrected chi connectivity index (χ1v) is 8.25. The number of hydrogen-bond donors (Lipinski definition) is 0. The minimum atomic E-state index is 0.0667. The average molecular weight is 300 g/mol. The molecule has 2 aliphatic rings. The molecule has 4 rings (SSSR count). The van der Waals surface area contributed by atoms with Gasteiger partial charge in [0, 0.05) is 30.4 Å². The monoisotopic (exact) mass is 300 g/mol. The van der Waals surface area contributed by atoms with Crippen LogP contribution in [0.4, 0.5) is 0 Å². The predicted molar refractivity (Wildman–Crippen MR) is 80.0 cm³/mol. The van der Waals surface area contributed by atoms with Gasteiger partial charge in [-0.25, -0.2) is 0 Å². The minimum absolute atomic E-state index is 0.0667. The number of Topliss-reactive ketones (excluding diaryl/α,β-unsaturated/α-hetero) is 1. The number of pyridine rings is 1. The number of hydrogen-bond acceptors (Lipinski definition) is 5. The van der Waals surface area contributed by atoms with Crippen molar-refractivity contribution in [3.8, 4) is 11.4 Å². The van der Waals surface area contributed by atoms with Crippen molar-refractivity contribution in [2.45, 2.75) is 48.6 Å². The van der Waals surface area contributed by atoms with Crippen molar-refractivity contribution < 1.29 is 4.79 Å². The van der Waals surface area contributed by atoms with Gasteiger partial charge in [0.25, 0.3) is 0 Å². The summed E-state index contributed by atoms with van der Waals surface area (Å²) in [5.41, 5.74) is 1.04. The van der Waals surface area contributed by atoms with E-state index in [0.717, 1.165) is 29.4 Å². The Balaban J connectivity index is 1.68. The number of rotatable bonds is 4. The Kier molecular flexibility index (Phi) is 3.25. The third-order valence-electron chi connectivity index (χ3n) is 4.01. The van der Waals surface area contributed by atoms with E-state index in [9.17, 15) is 4.79 Å². The maximum Gasteiger partial charge on any atom is 0.192 e. The SMILES string of the molecule is O=C1CCCC1Sc1nnc(-c2ccncc2)n1C1CC1. The molecule has 0 aliphatic heterocycles. The first-order valence-electron chi connectivity index (χ1n) is 7.37. The molecule has 0 saturated heterocycles. The number of ketones is 1. The van der Waals surface area contributed by atoms with Gasteiger partial charge in [0.05, 0.1) is 5.25 Å². The van der Waals surface area contributed by atoms with E-state index in [0.29, 0.717) is 18.2 Å². The average Bonchev–Trinajstić information content (AvgIpc) is 3.15. The Morgan fingerprint density at radius 1 is 1.14 bits per heavy atom. The van der Waals surface area contributed by atoms with Crippen molar-refractivity contribution in [2.24, 2.45) is 0 Å². The molecule has 1 atom stereocenters. The van der Waals surface area contributed by atoms with E-state index in [-0.39, 0.29) is 5.25 Å². The third-order valence-corrected chi connectivity index (χ3v) is 5.28. The summed E-state index contributed by atoms with van der Waals surface area (Å²) in [6.45, 7) is 0. The van der Waals surface area contributed by atoms with Crippen LogP contribution in [0, 0.1) is 0 Å². The summed E-state index contributed by atoms with van der Waals surface area (Å²) in [7, 11) is 0. The summed E-state index contributed by atoms with van der Waals surface area (Å²) in [5, 5.41) is 9.68. The summed E-state index contributed by atoms with van der Waals surface area (Å²) >= 11 is 1.59. The molecule has 5 nitrogen and oxygen atoms in total. The van der Waals surface area contributed by atoms with Crippen LogP contribution in [0.5, 0.6) is 0 Å². The lowest BCUT2D eigenvalue weighted by molar-refractivity contribution is -0.116. The van der Waals surface area contributed by atoms with Crippen LogP contribution in [-0.4, -0.2) is 30.8 Å². The highest BCUT2D eigenvalue weighted by atomic mass is 32.2. The summed E-state index contributed by atoms with van der Waals surface area (Å²) in [5.74, 6) is 1.25. The maximum absolute atomic E-state index is 11.9. The van der Waals surface area contributed by atoms with Gasteiger partial charge in [-0.05, 0) is 37.8 Å². The Morgan fingerprint density at radius 2 is 1.95 bits per heavy atom. The zero-order chi connectivity index (χ0) is 14.2. The minimum Gasteiger partial charge on any atom is -0.299 e. The third kappa shape index (κ3) is 2.48. The molecule has 0 amide bonds. The highest BCUT2D eigenvalue weighted by Crippen LogP contribution is 2.42. The van der Waals surface area contributed by atoms with Gasteiger partial charge in [0.2, 0.25) is 0 Å². The van der Waals surface area contributed by atoms with Crippen LogP contribution in [0.2, 0.25) is 0 Å². The van der Waals surface area contributed by atoms with Gasteiger partial charge in [0.15, 0.2) is 11.0 Å². The molecule has 2 heterocycles. The first-order chi connectivity index (χ1) is 10.3. The van der Waals surface area contributed by atoms with E-state index in [2.05, 4.69) is 19.7 Å². The summed E-state index contributed by atoms with van der Waals surface area (Å²) < 4.78 is 2.21. The van der Waals surface area contributed by atoms with E-state index < -0.39 is 0 Å². The summed E-state index contributed by atoms with van der Waals surface area (Å²) in [6.07, 6.45) is 8.57. The quantitative estimate of drug-likeness (QED) is 0.869. The molecule has 2 saturated carbocycles. The predicted octanol–water partition coefficient (Wildman–Crippen LogP) is 2.89. The van der Waals surface area contributed by atoms with Crippen molar-refractivity contribution in [1.29, 1.82) is 0 Å². The molecular formula is C15H16N4OS. The number of carbonyl (C=O) groups excluding carboxylic acids is 1. The van der Waals surface area contributed by atoms with Gasteiger partial charge in [-0.1, -0.05) is 11.8 Å². The van der Waals surface area contributed by atoms with Crippen molar-refractivity contribution in [3.05, 3.63) is 24.5 Å². The maximum atomic E-state index is 11.9. The topological polar surface area (TPSA) is 60.7 Å². The molecule has 6 heteroatoms. The Bertz CT molecular complexity index is 666. The van der Waals surface area contributed by atoms with Crippen LogP contribution in [0.25, 0.3) is 11.4 Å². The van der Waals surface area contributed by atoms with Crippen LogP contribution in [0.3, 0.4) is 0 Å². The van der Waals surface area contributed by atoms with Crippen molar-refractivity contribution in [1.82, 2.24) is 19.7 Å². The molecule has 1 unspecified atom stereocenters. The van der Waals surface area contributed by atoms with E-state index >= 15 is 0 Å². The molecule has 2 aromatic rings. The molecule has 0 bridgehead atoms. The van der Waals surface area contributed by atoms with Crippen molar-refractivity contribution in [2.75, 3.05) is 0 Å². The van der Waals surface area contributed by atoms with E-state index in [4.69, 9.17) is 0 Å². The standard InChI is InChI=1S/C15H16N4OS/c20-12-2-1-3-13(12)21-15-18-17-14(19(15)11-4-5-11)10-6-8-16-9-7-10/h6-9,11,13H,1-5H2. The van der Waals surface area contributed by atoms with E-state index in [1.54, 1.807) is 24.2 Å². The van der Waals surface area contributed by atoms with E-state index in [1.165, 1.54) is 12.8 Å². The lowest BCUT2D eigenvalue weighted by atomic mass is 10.2. The van der Waals surface area contributed by atoms with Gasteiger partial charge in [0.1, 0.15) is 5.78 Å². The normalized spacial score (nSPS) is 21.9. The first kappa shape index (κ1) is 13.0. The highest BCUT2D eigenvalue weighted by molar-refractivity contribution is 8.00. The Labute approximate surface area is 127 Å². The second-order valence-electron chi connectivity index (χ2n) is 5.61. The van der Waals surface area contributed by atoms with Crippen molar-refractivity contribution >= 4 is 17.5 Å². The number of nitrogens with zero attached hydrogens (tertiary/aromatic N) is 4. The second kappa shape index (κ2) is 5.26. The number of thioether (sulfide) groups is 1. The van der Waals surface area contributed by atoms with Gasteiger partial charge in [-0.15, -0.1) is 10.2 Å². The molecule has 0 aromatic carbocycles. The molecule has 0 spiro atoms. The molecular weight excluding hydrogens is 284 g/mol. The number of carbonyl (C=O) groups is 1. The van der Waals surface area contributed by atoms with Gasteiger partial charge < -0.3 is 0 Å². The molecule has 2 fully saturated rings. The summed E-state index contributed by atoms with van der Waals surface area (Å²) in [6, 6.07) is 4.40. The fourth-order valence-electron chi connectivity index (χ4n) is 2.75. The molecule has 21 heavy (non-hydrogen) atoms. The van der Waals surface area contributed by atoms with Crippen LogP contribution in [0.15, 0.2) is 29.7 Å². The molecule has 2 aromatic heterocycles. The Hall–Kier alpha value is -1.69. The lowest BCUT2D eigenvalue weighted by Crippen LogP contribution is -2.10. The van der Waals surface area contributed by atoms with E-state index in [1.807, 2.05) is 12.1 Å². The molecule has 0 radical (unpaired) electrons. The zero-order valence-electron chi connectivity index (χ0n) is 11.6. The Morgan fingerprint density at radius 3 is 2.62 bits per heavy atom. The van der Waals surface area contributed by atoms with Gasteiger partial charge in [-0.3, -0.25) is 14.3 Å². The molecule has 2 aliphatic carbocycles. The van der Waals surface area contributed by atoms with Crippen molar-refractivity contribution in [3.63, 3.8) is 0 Å². The fraction of sp³-hybridized carbons (Fsp3) is 0.467. The largest absolute Gasteiger partial charge is 0.299 e. The lowest BCUT2D eigenvalue weighted by Gasteiger charge is -2.11. The van der Waals surface area contributed by atoms with Crippen LogP contribution < -0.4 is 0 Å². The van der Waals surface area contributed by atoms with Crippen LogP contribution >= 0.6 is 11.8 Å². The van der Waals surface area contributed by atoms with Crippen LogP contribution in [0.1, 0.15) is 38.1 Å². The zero-order valence-corrected chi connectivity index (χ0v) is 12.4. The van der Waals surface area contributed by atoms with Gasteiger partial charge in [-0.2, -0.15) is 0 Å². The summed E-state index contributed by atoms with van der Waals surface area (Å²) in [4.78, 5) is 15.9. The van der Waals surface area contributed by atoms with Gasteiger partial charge >= 0.3 is 0 Å².